The Morgan fingerprint density at radius 1 is 0.964 bits per heavy atom. The van der Waals surface area contributed by atoms with Gasteiger partial charge in [0.2, 0.25) is 0 Å². The van der Waals surface area contributed by atoms with Gasteiger partial charge in [-0.3, -0.25) is 4.79 Å². The molecule has 2 aromatic carbocycles. The van der Waals surface area contributed by atoms with Crippen molar-refractivity contribution in [2.75, 3.05) is 6.26 Å². The van der Waals surface area contributed by atoms with E-state index in [1.54, 1.807) is 23.5 Å². The topological polar surface area (TPSA) is 63.2 Å². The van der Waals surface area contributed by atoms with E-state index in [-0.39, 0.29) is 16.8 Å². The van der Waals surface area contributed by atoms with E-state index in [1.807, 2.05) is 29.6 Å². The predicted molar refractivity (Wildman–Crippen MR) is 114 cm³/mol. The molecule has 0 fully saturated rings. The Balaban J connectivity index is 1.91. The molecule has 1 heterocycles. The molecule has 0 aliphatic carbocycles. The van der Waals surface area contributed by atoms with Crippen LogP contribution in [0.3, 0.4) is 0 Å². The molecule has 6 heteroatoms. The van der Waals surface area contributed by atoms with Crippen LogP contribution < -0.4 is 5.32 Å². The van der Waals surface area contributed by atoms with Crippen LogP contribution >= 0.6 is 11.3 Å². The number of amides is 1. The Morgan fingerprint density at radius 2 is 1.64 bits per heavy atom. The fraction of sp³-hybridized carbons (Fsp3) is 0.227. The zero-order chi connectivity index (χ0) is 20.3. The second-order valence-corrected chi connectivity index (χ2v) is 10.0. The second kappa shape index (κ2) is 8.29. The minimum atomic E-state index is -3.37. The highest BCUT2D eigenvalue weighted by atomic mass is 32.2. The molecule has 1 unspecified atom stereocenters. The van der Waals surface area contributed by atoms with Gasteiger partial charge in [-0.05, 0) is 46.7 Å². The van der Waals surface area contributed by atoms with Crippen LogP contribution in [0.15, 0.2) is 70.9 Å². The first-order valence-corrected chi connectivity index (χ1v) is 11.8. The molecule has 0 bridgehead atoms. The van der Waals surface area contributed by atoms with Crippen LogP contribution in [0.25, 0.3) is 0 Å². The van der Waals surface area contributed by atoms with Crippen LogP contribution in [0.4, 0.5) is 0 Å². The van der Waals surface area contributed by atoms with Crippen LogP contribution in [-0.4, -0.2) is 20.6 Å². The molecule has 146 valence electrons. The maximum absolute atomic E-state index is 12.9. The SMILES string of the molecule is CC(C)c1ccc(C(NC(=O)c2cccc(S(C)(=O)=O)c2)c2cccs2)cc1. The lowest BCUT2D eigenvalue weighted by atomic mass is 9.98. The van der Waals surface area contributed by atoms with Gasteiger partial charge in [0.05, 0.1) is 10.9 Å². The van der Waals surface area contributed by atoms with Gasteiger partial charge < -0.3 is 5.32 Å². The second-order valence-electron chi connectivity index (χ2n) is 7.04. The minimum Gasteiger partial charge on any atom is -0.340 e. The molecule has 28 heavy (non-hydrogen) atoms. The van der Waals surface area contributed by atoms with E-state index < -0.39 is 9.84 Å². The van der Waals surface area contributed by atoms with E-state index >= 15 is 0 Å². The summed E-state index contributed by atoms with van der Waals surface area (Å²) in [5.74, 6) is 0.124. The summed E-state index contributed by atoms with van der Waals surface area (Å²) < 4.78 is 23.6. The van der Waals surface area contributed by atoms with Crippen molar-refractivity contribution >= 4 is 27.1 Å². The quantitative estimate of drug-likeness (QED) is 0.632. The molecular weight excluding hydrogens is 390 g/mol. The summed E-state index contributed by atoms with van der Waals surface area (Å²) in [6, 6.07) is 18.0. The van der Waals surface area contributed by atoms with E-state index in [2.05, 4.69) is 31.3 Å². The zero-order valence-corrected chi connectivity index (χ0v) is 17.7. The number of hydrogen-bond donors (Lipinski definition) is 1. The first-order valence-electron chi connectivity index (χ1n) is 9.00. The molecule has 4 nitrogen and oxygen atoms in total. The van der Waals surface area contributed by atoms with Crippen molar-refractivity contribution in [2.24, 2.45) is 0 Å². The summed E-state index contributed by atoms with van der Waals surface area (Å²) in [6.07, 6.45) is 1.13. The number of benzene rings is 2. The maximum Gasteiger partial charge on any atom is 0.252 e. The third-order valence-corrected chi connectivity index (χ3v) is 6.61. The number of carbonyl (C=O) groups excluding carboxylic acids is 1. The van der Waals surface area contributed by atoms with Crippen molar-refractivity contribution in [3.8, 4) is 0 Å². The van der Waals surface area contributed by atoms with Gasteiger partial charge in [-0.2, -0.15) is 0 Å². The molecule has 1 atom stereocenters. The molecule has 0 spiro atoms. The molecule has 0 aliphatic heterocycles. The average molecular weight is 414 g/mol. The standard InChI is InChI=1S/C22H23NO3S2/c1-15(2)16-9-11-17(12-10-16)21(20-8-5-13-27-20)23-22(24)18-6-4-7-19(14-18)28(3,25)26/h4-15,21H,1-3H3,(H,23,24). The number of hydrogen-bond acceptors (Lipinski definition) is 4. The Labute approximate surface area is 170 Å². The molecule has 0 saturated carbocycles. The summed E-state index contributed by atoms with van der Waals surface area (Å²) >= 11 is 1.57. The third-order valence-electron chi connectivity index (χ3n) is 4.56. The maximum atomic E-state index is 12.9. The van der Waals surface area contributed by atoms with Crippen molar-refractivity contribution in [2.45, 2.75) is 30.7 Å². The summed E-state index contributed by atoms with van der Waals surface area (Å²) in [6.45, 7) is 4.28. The number of nitrogens with one attached hydrogen (secondary N) is 1. The van der Waals surface area contributed by atoms with Gasteiger partial charge in [0.15, 0.2) is 9.84 Å². The molecule has 3 rings (SSSR count). The lowest BCUT2D eigenvalue weighted by Gasteiger charge is -2.19. The lowest BCUT2D eigenvalue weighted by molar-refractivity contribution is 0.0943. The highest BCUT2D eigenvalue weighted by Crippen LogP contribution is 2.28. The first-order chi connectivity index (χ1) is 13.3. The molecule has 1 amide bonds. The fourth-order valence-electron chi connectivity index (χ4n) is 2.93. The number of thiophene rings is 1. The number of rotatable bonds is 6. The van der Waals surface area contributed by atoms with Gasteiger partial charge in [0, 0.05) is 16.7 Å². The van der Waals surface area contributed by atoms with Crippen molar-refractivity contribution in [3.05, 3.63) is 87.6 Å². The first kappa shape index (κ1) is 20.3. The summed E-state index contributed by atoms with van der Waals surface area (Å²) in [5, 5.41) is 5.03. The van der Waals surface area contributed by atoms with Crippen LogP contribution in [0.1, 0.15) is 52.2 Å². The predicted octanol–water partition coefficient (Wildman–Crippen LogP) is 4.79. The van der Waals surface area contributed by atoms with Crippen LogP contribution in [-0.2, 0) is 9.84 Å². The van der Waals surface area contributed by atoms with Gasteiger partial charge >= 0.3 is 0 Å². The molecular formula is C22H23NO3S2. The van der Waals surface area contributed by atoms with Crippen molar-refractivity contribution < 1.29 is 13.2 Å². The van der Waals surface area contributed by atoms with Crippen LogP contribution in [0.5, 0.6) is 0 Å². The Bertz CT molecular complexity index is 1050. The normalized spacial score (nSPS) is 12.7. The Kier molecular flexibility index (Phi) is 6.01. The van der Waals surface area contributed by atoms with Gasteiger partial charge in [0.25, 0.3) is 5.91 Å². The number of sulfone groups is 1. The Morgan fingerprint density at radius 3 is 2.21 bits per heavy atom. The molecule has 3 aromatic rings. The minimum absolute atomic E-state index is 0.133. The van der Waals surface area contributed by atoms with Gasteiger partial charge in [-0.1, -0.05) is 50.2 Å². The van der Waals surface area contributed by atoms with Crippen molar-refractivity contribution in [1.29, 1.82) is 0 Å². The molecule has 0 saturated heterocycles. The van der Waals surface area contributed by atoms with E-state index in [9.17, 15) is 13.2 Å². The van der Waals surface area contributed by atoms with Crippen molar-refractivity contribution in [3.63, 3.8) is 0 Å². The molecule has 1 N–H and O–H groups in total. The summed E-state index contributed by atoms with van der Waals surface area (Å²) in [5.41, 5.74) is 2.55. The summed E-state index contributed by atoms with van der Waals surface area (Å²) in [4.78, 5) is 14.0. The summed E-state index contributed by atoms with van der Waals surface area (Å²) in [7, 11) is -3.37. The van der Waals surface area contributed by atoms with E-state index in [0.717, 1.165) is 16.7 Å². The van der Waals surface area contributed by atoms with E-state index in [0.29, 0.717) is 11.5 Å². The molecule has 0 radical (unpaired) electrons. The molecule has 1 aromatic heterocycles. The van der Waals surface area contributed by atoms with E-state index in [1.165, 1.54) is 17.7 Å². The molecule has 0 aliphatic rings. The average Bonchev–Trinajstić information content (AvgIpc) is 3.20. The van der Waals surface area contributed by atoms with Gasteiger partial charge in [-0.25, -0.2) is 8.42 Å². The lowest BCUT2D eigenvalue weighted by Crippen LogP contribution is -2.29. The van der Waals surface area contributed by atoms with Crippen LogP contribution in [0.2, 0.25) is 0 Å². The largest absolute Gasteiger partial charge is 0.340 e. The monoisotopic (exact) mass is 413 g/mol. The smallest absolute Gasteiger partial charge is 0.252 e. The zero-order valence-electron chi connectivity index (χ0n) is 16.0. The van der Waals surface area contributed by atoms with E-state index in [4.69, 9.17) is 0 Å². The highest BCUT2D eigenvalue weighted by Gasteiger charge is 2.20. The third kappa shape index (κ3) is 4.69. The Hall–Kier alpha value is -2.44. The van der Waals surface area contributed by atoms with Crippen molar-refractivity contribution in [1.82, 2.24) is 5.32 Å². The number of carbonyl (C=O) groups is 1. The van der Waals surface area contributed by atoms with Gasteiger partial charge in [0.1, 0.15) is 0 Å². The fourth-order valence-corrected chi connectivity index (χ4v) is 4.40. The highest BCUT2D eigenvalue weighted by molar-refractivity contribution is 7.90. The van der Waals surface area contributed by atoms with Crippen LogP contribution in [0, 0.1) is 0 Å². The van der Waals surface area contributed by atoms with Gasteiger partial charge in [-0.15, -0.1) is 11.3 Å².